The minimum atomic E-state index is 0.555. The van der Waals surface area contributed by atoms with Crippen LogP contribution in [0.2, 0.25) is 0 Å². The van der Waals surface area contributed by atoms with Crippen LogP contribution in [0.5, 0.6) is 0 Å². The zero-order valence-corrected chi connectivity index (χ0v) is 21.8. The number of hydrogen-bond donors (Lipinski definition) is 0. The predicted molar refractivity (Wildman–Crippen MR) is 163 cm³/mol. The molecule has 6 aromatic carbocycles. The molecule has 0 fully saturated rings. The lowest BCUT2D eigenvalue weighted by Crippen LogP contribution is -1.95. The predicted octanol–water partition coefficient (Wildman–Crippen LogP) is 9.76. The highest BCUT2D eigenvalue weighted by Gasteiger charge is 2.18. The zero-order chi connectivity index (χ0) is 27.3. The van der Waals surface area contributed by atoms with Crippen molar-refractivity contribution in [1.29, 1.82) is 10.5 Å². The van der Waals surface area contributed by atoms with Crippen LogP contribution < -0.4 is 0 Å². The fourth-order valence-electron chi connectivity index (χ4n) is 5.27. The highest BCUT2D eigenvalue weighted by atomic mass is 14.3. The molecule has 0 aliphatic rings. The van der Waals surface area contributed by atoms with E-state index in [1.165, 1.54) is 0 Å². The summed E-state index contributed by atoms with van der Waals surface area (Å²) in [7, 11) is 0. The maximum Gasteiger partial charge on any atom is 0.100 e. The Morgan fingerprint density at radius 3 is 1.02 bits per heavy atom. The SMILES string of the molecule is N#Cc1c(-c2cccc(-c3ccccc3)c2)cccc1-c1cccc(-c2cccc(-c3ccccc3)c2)c1C#N. The van der Waals surface area contributed by atoms with E-state index in [2.05, 4.69) is 60.7 Å². The van der Waals surface area contributed by atoms with Crippen molar-refractivity contribution in [3.05, 3.63) is 157 Å². The summed E-state index contributed by atoms with van der Waals surface area (Å²) in [5, 5.41) is 20.8. The van der Waals surface area contributed by atoms with Crippen molar-refractivity contribution in [2.45, 2.75) is 0 Å². The largest absolute Gasteiger partial charge is 0.192 e. The van der Waals surface area contributed by atoms with Crippen LogP contribution in [0.3, 0.4) is 0 Å². The molecule has 0 N–H and O–H groups in total. The number of nitrogens with zero attached hydrogens (tertiary/aromatic N) is 2. The molecule has 2 nitrogen and oxygen atoms in total. The first kappa shape index (κ1) is 24.6. The average molecular weight is 509 g/mol. The van der Waals surface area contributed by atoms with Gasteiger partial charge in [0.2, 0.25) is 0 Å². The third-order valence-corrected chi connectivity index (χ3v) is 7.20. The third-order valence-electron chi connectivity index (χ3n) is 7.20. The lowest BCUT2D eigenvalue weighted by Gasteiger charge is -2.15. The standard InChI is InChI=1S/C38H24N2/c39-25-37-33(31-17-7-15-29(23-31)27-11-3-1-4-12-27)19-9-21-35(37)36-22-10-20-34(38(36)26-40)32-18-8-16-30(24-32)28-13-5-2-6-14-28/h1-24H. The van der Waals surface area contributed by atoms with Gasteiger partial charge in [-0.2, -0.15) is 10.5 Å². The molecule has 40 heavy (non-hydrogen) atoms. The lowest BCUT2D eigenvalue weighted by atomic mass is 9.87. The van der Waals surface area contributed by atoms with Crippen molar-refractivity contribution in [2.24, 2.45) is 0 Å². The Hall–Kier alpha value is -5.70. The summed E-state index contributed by atoms with van der Waals surface area (Å²) in [6.07, 6.45) is 0. The second-order valence-corrected chi connectivity index (χ2v) is 9.57. The number of rotatable bonds is 5. The summed E-state index contributed by atoms with van der Waals surface area (Å²) in [4.78, 5) is 0. The van der Waals surface area contributed by atoms with Crippen LogP contribution in [0.1, 0.15) is 11.1 Å². The lowest BCUT2D eigenvalue weighted by molar-refractivity contribution is 1.44. The second kappa shape index (κ2) is 11.0. The van der Waals surface area contributed by atoms with E-state index < -0.39 is 0 Å². The first-order valence-electron chi connectivity index (χ1n) is 13.1. The quantitative estimate of drug-likeness (QED) is 0.233. The average Bonchev–Trinajstić information content (AvgIpc) is 3.05. The van der Waals surface area contributed by atoms with Crippen molar-refractivity contribution in [1.82, 2.24) is 0 Å². The van der Waals surface area contributed by atoms with Crippen LogP contribution in [0.15, 0.2) is 146 Å². The molecular weight excluding hydrogens is 484 g/mol. The van der Waals surface area contributed by atoms with Gasteiger partial charge in [0, 0.05) is 22.3 Å². The summed E-state index contributed by atoms with van der Waals surface area (Å²) in [5.74, 6) is 0. The molecule has 0 saturated heterocycles. The summed E-state index contributed by atoms with van der Waals surface area (Å²) >= 11 is 0. The Bertz CT molecular complexity index is 1760. The van der Waals surface area contributed by atoms with E-state index >= 15 is 0 Å². The van der Waals surface area contributed by atoms with Crippen LogP contribution >= 0.6 is 0 Å². The Morgan fingerprint density at radius 2 is 0.625 bits per heavy atom. The third kappa shape index (κ3) is 4.67. The van der Waals surface area contributed by atoms with E-state index in [0.717, 1.165) is 55.6 Å². The van der Waals surface area contributed by atoms with Gasteiger partial charge in [0.25, 0.3) is 0 Å². The van der Waals surface area contributed by atoms with E-state index in [-0.39, 0.29) is 0 Å². The Labute approximate surface area is 234 Å². The molecule has 0 spiro atoms. The molecule has 0 bridgehead atoms. The van der Waals surface area contributed by atoms with E-state index in [0.29, 0.717) is 11.1 Å². The molecule has 6 rings (SSSR count). The molecule has 0 unspecified atom stereocenters. The topological polar surface area (TPSA) is 47.6 Å². The molecular formula is C38H24N2. The number of benzene rings is 6. The molecule has 6 aromatic rings. The fourth-order valence-corrected chi connectivity index (χ4v) is 5.27. The first-order valence-corrected chi connectivity index (χ1v) is 13.1. The fraction of sp³-hybridized carbons (Fsp3) is 0. The van der Waals surface area contributed by atoms with Crippen LogP contribution in [0.25, 0.3) is 55.6 Å². The van der Waals surface area contributed by atoms with Crippen molar-refractivity contribution in [3.8, 4) is 67.8 Å². The van der Waals surface area contributed by atoms with Gasteiger partial charge in [-0.15, -0.1) is 0 Å². The van der Waals surface area contributed by atoms with E-state index in [1.54, 1.807) is 0 Å². The molecule has 0 saturated carbocycles. The molecule has 0 atom stereocenters. The molecule has 0 aliphatic carbocycles. The van der Waals surface area contributed by atoms with Crippen molar-refractivity contribution in [2.75, 3.05) is 0 Å². The molecule has 186 valence electrons. The van der Waals surface area contributed by atoms with Gasteiger partial charge in [-0.05, 0) is 45.5 Å². The summed E-state index contributed by atoms with van der Waals surface area (Å²) in [6, 6.07) is 53.6. The Morgan fingerprint density at radius 1 is 0.300 bits per heavy atom. The first-order chi connectivity index (χ1) is 19.8. The van der Waals surface area contributed by atoms with Gasteiger partial charge in [0.1, 0.15) is 12.1 Å². The van der Waals surface area contributed by atoms with Crippen molar-refractivity contribution >= 4 is 0 Å². The van der Waals surface area contributed by atoms with Gasteiger partial charge in [0.05, 0.1) is 11.1 Å². The number of nitriles is 2. The highest BCUT2D eigenvalue weighted by molar-refractivity contribution is 5.89. The maximum absolute atomic E-state index is 10.4. The van der Waals surface area contributed by atoms with Gasteiger partial charge in [-0.1, -0.05) is 133 Å². The van der Waals surface area contributed by atoms with Gasteiger partial charge >= 0.3 is 0 Å². The molecule has 0 heterocycles. The molecule has 0 amide bonds. The number of hydrogen-bond acceptors (Lipinski definition) is 2. The van der Waals surface area contributed by atoms with Crippen molar-refractivity contribution < 1.29 is 0 Å². The smallest absolute Gasteiger partial charge is 0.100 e. The van der Waals surface area contributed by atoms with Gasteiger partial charge in [-0.25, -0.2) is 0 Å². The molecule has 0 aliphatic heterocycles. The summed E-state index contributed by atoms with van der Waals surface area (Å²) in [6.45, 7) is 0. The molecule has 2 heteroatoms. The van der Waals surface area contributed by atoms with E-state index in [9.17, 15) is 10.5 Å². The van der Waals surface area contributed by atoms with Gasteiger partial charge in [0.15, 0.2) is 0 Å². The monoisotopic (exact) mass is 508 g/mol. The van der Waals surface area contributed by atoms with Gasteiger partial charge in [-0.3, -0.25) is 0 Å². The van der Waals surface area contributed by atoms with Crippen LogP contribution in [-0.4, -0.2) is 0 Å². The zero-order valence-electron chi connectivity index (χ0n) is 21.8. The Balaban J connectivity index is 1.48. The van der Waals surface area contributed by atoms with E-state index in [4.69, 9.17) is 0 Å². The van der Waals surface area contributed by atoms with Crippen LogP contribution in [0, 0.1) is 22.7 Å². The van der Waals surface area contributed by atoms with Crippen molar-refractivity contribution in [3.63, 3.8) is 0 Å². The van der Waals surface area contributed by atoms with Gasteiger partial charge < -0.3 is 0 Å². The highest BCUT2D eigenvalue weighted by Crippen LogP contribution is 2.38. The minimum Gasteiger partial charge on any atom is -0.192 e. The van der Waals surface area contributed by atoms with Crippen LogP contribution in [0.4, 0.5) is 0 Å². The summed E-state index contributed by atoms with van der Waals surface area (Å²) in [5.41, 5.74) is 10.7. The maximum atomic E-state index is 10.4. The minimum absolute atomic E-state index is 0.555. The van der Waals surface area contributed by atoms with Crippen LogP contribution in [-0.2, 0) is 0 Å². The normalized spacial score (nSPS) is 10.4. The second-order valence-electron chi connectivity index (χ2n) is 9.57. The van der Waals surface area contributed by atoms with E-state index in [1.807, 2.05) is 97.1 Å². The summed E-state index contributed by atoms with van der Waals surface area (Å²) < 4.78 is 0. The molecule has 0 aromatic heterocycles. The Kier molecular flexibility index (Phi) is 6.75. The molecule has 0 radical (unpaired) electrons.